The number of nitrogens with two attached hydrogens (primary N) is 1. The number of hydrogen-bond donors (Lipinski definition) is 2. The lowest BCUT2D eigenvalue weighted by atomic mass is 9.86. The van der Waals surface area contributed by atoms with Crippen molar-refractivity contribution in [3.8, 4) is 11.1 Å². The molecule has 1 aromatic carbocycles. The van der Waals surface area contributed by atoms with Gasteiger partial charge >= 0.3 is 0 Å². The van der Waals surface area contributed by atoms with Crippen LogP contribution in [0.4, 0.5) is 0 Å². The van der Waals surface area contributed by atoms with E-state index in [-0.39, 0.29) is 23.4 Å². The van der Waals surface area contributed by atoms with E-state index in [1.165, 1.54) is 10.1 Å². The number of nitrogens with zero attached hydrogens (tertiary/aromatic N) is 1. The lowest BCUT2D eigenvalue weighted by molar-refractivity contribution is 0.590. The summed E-state index contributed by atoms with van der Waals surface area (Å²) in [6.45, 7) is 6.64. The molecular weight excluding hydrogens is 262 g/mol. The Balaban J connectivity index is 2.33. The highest BCUT2D eigenvalue weighted by molar-refractivity contribution is 5.76. The van der Waals surface area contributed by atoms with Crippen molar-refractivity contribution in [2.24, 2.45) is 5.73 Å². The predicted octanol–water partition coefficient (Wildman–Crippen LogP) is 2.75. The minimum Gasteiger partial charge on any atom is -0.386 e. The molecule has 0 fully saturated rings. The number of pyridine rings is 1. The maximum absolute atomic E-state index is 12.0. The van der Waals surface area contributed by atoms with Crippen LogP contribution < -0.4 is 11.3 Å². The van der Waals surface area contributed by atoms with Gasteiger partial charge < -0.3 is 10.3 Å². The number of benzene rings is 1. The van der Waals surface area contributed by atoms with Crippen LogP contribution in [0.15, 0.2) is 47.4 Å². The van der Waals surface area contributed by atoms with Crippen molar-refractivity contribution in [3.63, 3.8) is 0 Å². The Morgan fingerprint density at radius 2 is 1.76 bits per heavy atom. The van der Waals surface area contributed by atoms with E-state index in [9.17, 15) is 4.79 Å². The van der Waals surface area contributed by atoms with E-state index in [0.29, 0.717) is 0 Å². The minimum absolute atomic E-state index is 0.0284. The highest BCUT2D eigenvalue weighted by atomic mass is 16.1. The molecule has 0 atom stereocenters. The highest BCUT2D eigenvalue weighted by Gasteiger charge is 2.13. The first-order valence-electron chi connectivity index (χ1n) is 6.92. The SMILES string of the molecule is CC(C)(C)c1ccc(-c2ccn(CC(=N)N)c(=O)c2)cc1. The number of aromatic nitrogens is 1. The molecule has 0 bridgehead atoms. The molecule has 4 nitrogen and oxygen atoms in total. The zero-order valence-corrected chi connectivity index (χ0v) is 12.7. The standard InChI is InChI=1S/C17H21N3O/c1-17(2,3)14-6-4-12(5-7-14)13-8-9-20(11-15(18)19)16(21)10-13/h4-10H,11H2,1-3H3,(H3,18,19). The van der Waals surface area contributed by atoms with Gasteiger partial charge in [-0.05, 0) is 28.2 Å². The summed E-state index contributed by atoms with van der Waals surface area (Å²) < 4.78 is 1.43. The van der Waals surface area contributed by atoms with Gasteiger partial charge in [0.05, 0.1) is 6.54 Å². The molecule has 2 aromatic rings. The number of hydrogen-bond acceptors (Lipinski definition) is 2. The zero-order valence-electron chi connectivity index (χ0n) is 12.7. The van der Waals surface area contributed by atoms with Crippen LogP contribution in [0.2, 0.25) is 0 Å². The molecule has 2 rings (SSSR count). The highest BCUT2D eigenvalue weighted by Crippen LogP contribution is 2.25. The Hall–Kier alpha value is -2.36. The van der Waals surface area contributed by atoms with Gasteiger partial charge in [-0.1, -0.05) is 45.0 Å². The molecule has 0 unspecified atom stereocenters. The first kappa shape index (κ1) is 15.0. The van der Waals surface area contributed by atoms with Crippen molar-refractivity contribution in [2.75, 3.05) is 0 Å². The fraction of sp³-hybridized carbons (Fsp3) is 0.294. The summed E-state index contributed by atoms with van der Waals surface area (Å²) in [6.07, 6.45) is 1.68. The fourth-order valence-corrected chi connectivity index (χ4v) is 2.16. The van der Waals surface area contributed by atoms with E-state index >= 15 is 0 Å². The third-order valence-electron chi connectivity index (χ3n) is 3.42. The average molecular weight is 283 g/mol. The number of nitrogens with one attached hydrogen (secondary N) is 1. The zero-order chi connectivity index (χ0) is 15.6. The van der Waals surface area contributed by atoms with Gasteiger partial charge in [0, 0.05) is 12.3 Å². The molecule has 4 heteroatoms. The third-order valence-corrected chi connectivity index (χ3v) is 3.42. The van der Waals surface area contributed by atoms with Crippen LogP contribution >= 0.6 is 0 Å². The van der Waals surface area contributed by atoms with Crippen LogP contribution in [-0.4, -0.2) is 10.4 Å². The molecule has 1 aromatic heterocycles. The van der Waals surface area contributed by atoms with Gasteiger partial charge in [0.15, 0.2) is 0 Å². The molecule has 0 aliphatic rings. The molecule has 3 N–H and O–H groups in total. The second kappa shape index (κ2) is 5.56. The summed E-state index contributed by atoms with van der Waals surface area (Å²) in [7, 11) is 0. The summed E-state index contributed by atoms with van der Waals surface area (Å²) in [6, 6.07) is 11.7. The monoisotopic (exact) mass is 283 g/mol. The van der Waals surface area contributed by atoms with Gasteiger partial charge in [-0.15, -0.1) is 0 Å². The van der Waals surface area contributed by atoms with Crippen LogP contribution in [0, 0.1) is 5.41 Å². The van der Waals surface area contributed by atoms with Gasteiger partial charge in [0.25, 0.3) is 5.56 Å². The Kier molecular flexibility index (Phi) is 3.98. The molecule has 0 aliphatic carbocycles. The van der Waals surface area contributed by atoms with Gasteiger partial charge in [-0.3, -0.25) is 10.2 Å². The number of amidine groups is 1. The summed E-state index contributed by atoms with van der Waals surface area (Å²) in [5.74, 6) is -0.0284. The number of rotatable bonds is 3. The Bertz CT molecular complexity index is 706. The molecule has 0 spiro atoms. The molecular formula is C17H21N3O. The second-order valence-electron chi connectivity index (χ2n) is 6.23. The second-order valence-corrected chi connectivity index (χ2v) is 6.23. The molecule has 21 heavy (non-hydrogen) atoms. The maximum Gasteiger partial charge on any atom is 0.251 e. The normalized spacial score (nSPS) is 11.4. The smallest absolute Gasteiger partial charge is 0.251 e. The predicted molar refractivity (Wildman–Crippen MR) is 86.8 cm³/mol. The molecule has 0 saturated heterocycles. The van der Waals surface area contributed by atoms with E-state index in [1.807, 2.05) is 18.2 Å². The van der Waals surface area contributed by atoms with Crippen LogP contribution in [0.3, 0.4) is 0 Å². The van der Waals surface area contributed by atoms with Crippen molar-refractivity contribution >= 4 is 5.84 Å². The minimum atomic E-state index is -0.150. The third kappa shape index (κ3) is 3.60. The molecule has 0 saturated carbocycles. The van der Waals surface area contributed by atoms with Crippen LogP contribution in [0.5, 0.6) is 0 Å². The maximum atomic E-state index is 12.0. The van der Waals surface area contributed by atoms with Crippen molar-refractivity contribution < 1.29 is 0 Å². The fourth-order valence-electron chi connectivity index (χ4n) is 2.16. The van der Waals surface area contributed by atoms with Gasteiger partial charge in [0.2, 0.25) is 0 Å². The van der Waals surface area contributed by atoms with E-state index in [4.69, 9.17) is 11.1 Å². The summed E-state index contributed by atoms with van der Waals surface area (Å²) in [5.41, 5.74) is 8.43. The van der Waals surface area contributed by atoms with Gasteiger partial charge in [0.1, 0.15) is 5.84 Å². The van der Waals surface area contributed by atoms with Crippen molar-refractivity contribution in [3.05, 3.63) is 58.5 Å². The lowest BCUT2D eigenvalue weighted by Gasteiger charge is -2.19. The van der Waals surface area contributed by atoms with Crippen molar-refractivity contribution in [2.45, 2.75) is 32.7 Å². The van der Waals surface area contributed by atoms with Crippen LogP contribution in [-0.2, 0) is 12.0 Å². The topological polar surface area (TPSA) is 71.9 Å². The Morgan fingerprint density at radius 3 is 2.24 bits per heavy atom. The summed E-state index contributed by atoms with van der Waals surface area (Å²) in [5, 5.41) is 7.25. The average Bonchev–Trinajstić information content (AvgIpc) is 2.40. The molecule has 110 valence electrons. The van der Waals surface area contributed by atoms with E-state index in [1.54, 1.807) is 12.3 Å². The van der Waals surface area contributed by atoms with E-state index in [0.717, 1.165) is 11.1 Å². The van der Waals surface area contributed by atoms with E-state index in [2.05, 4.69) is 32.9 Å². The van der Waals surface area contributed by atoms with E-state index < -0.39 is 0 Å². The van der Waals surface area contributed by atoms with Gasteiger partial charge in [-0.25, -0.2) is 0 Å². The largest absolute Gasteiger partial charge is 0.386 e. The Morgan fingerprint density at radius 1 is 1.14 bits per heavy atom. The van der Waals surface area contributed by atoms with Crippen molar-refractivity contribution in [1.82, 2.24) is 4.57 Å². The summed E-state index contributed by atoms with van der Waals surface area (Å²) >= 11 is 0. The Labute approximate surface area is 124 Å². The lowest BCUT2D eigenvalue weighted by Crippen LogP contribution is -2.26. The van der Waals surface area contributed by atoms with Gasteiger partial charge in [-0.2, -0.15) is 0 Å². The molecule has 0 amide bonds. The first-order valence-corrected chi connectivity index (χ1v) is 6.92. The first-order chi connectivity index (χ1) is 9.77. The summed E-state index contributed by atoms with van der Waals surface area (Å²) in [4.78, 5) is 12.0. The van der Waals surface area contributed by atoms with Crippen molar-refractivity contribution in [1.29, 1.82) is 5.41 Å². The molecule has 0 aliphatic heterocycles. The van der Waals surface area contributed by atoms with Crippen LogP contribution in [0.1, 0.15) is 26.3 Å². The van der Waals surface area contributed by atoms with Crippen LogP contribution in [0.25, 0.3) is 11.1 Å². The molecule has 0 radical (unpaired) electrons. The quantitative estimate of drug-likeness (QED) is 0.671. The molecule has 1 heterocycles.